The second kappa shape index (κ2) is 11.7. The molecule has 0 amide bonds. The molecular formula is C18H25IN4O3S. The molecule has 0 aliphatic rings. The maximum Gasteiger partial charge on any atom is 0.229 e. The summed E-state index contributed by atoms with van der Waals surface area (Å²) in [4.78, 5) is 4.15. The van der Waals surface area contributed by atoms with E-state index < -0.39 is 10.0 Å². The second-order valence-corrected chi connectivity index (χ2v) is 7.29. The molecule has 0 bridgehead atoms. The fourth-order valence-corrected chi connectivity index (χ4v) is 2.83. The summed E-state index contributed by atoms with van der Waals surface area (Å²) in [6.45, 7) is 1.51. The normalized spacial score (nSPS) is 11.3. The number of guanidine groups is 1. The van der Waals surface area contributed by atoms with Gasteiger partial charge < -0.3 is 15.4 Å². The van der Waals surface area contributed by atoms with Crippen LogP contribution in [0, 0.1) is 0 Å². The Labute approximate surface area is 177 Å². The van der Waals surface area contributed by atoms with E-state index in [1.807, 2.05) is 42.5 Å². The number of nitrogens with one attached hydrogen (secondary N) is 3. The van der Waals surface area contributed by atoms with E-state index in [-0.39, 0.29) is 24.0 Å². The van der Waals surface area contributed by atoms with Crippen LogP contribution in [0.3, 0.4) is 0 Å². The number of para-hydroxylation sites is 2. The fourth-order valence-electron chi connectivity index (χ4n) is 2.23. The number of ether oxygens (including phenoxy) is 1. The predicted octanol–water partition coefficient (Wildman–Crippen LogP) is 2.42. The summed E-state index contributed by atoms with van der Waals surface area (Å²) < 4.78 is 31.0. The minimum Gasteiger partial charge on any atom is -0.492 e. The molecular weight excluding hydrogens is 479 g/mol. The molecule has 0 aliphatic heterocycles. The summed E-state index contributed by atoms with van der Waals surface area (Å²) >= 11 is 0. The molecule has 7 nitrogen and oxygen atoms in total. The van der Waals surface area contributed by atoms with Gasteiger partial charge >= 0.3 is 0 Å². The van der Waals surface area contributed by atoms with Crippen molar-refractivity contribution in [3.05, 3.63) is 60.2 Å². The summed E-state index contributed by atoms with van der Waals surface area (Å²) in [5, 5.41) is 6.31. The van der Waals surface area contributed by atoms with Crippen molar-refractivity contribution in [2.75, 3.05) is 31.2 Å². The van der Waals surface area contributed by atoms with Gasteiger partial charge in [0.15, 0.2) is 5.96 Å². The van der Waals surface area contributed by atoms with E-state index in [1.54, 1.807) is 19.2 Å². The van der Waals surface area contributed by atoms with Crippen LogP contribution < -0.4 is 20.1 Å². The average Bonchev–Trinajstić information content (AvgIpc) is 2.62. The van der Waals surface area contributed by atoms with Gasteiger partial charge in [-0.1, -0.05) is 36.4 Å². The molecule has 0 radical (unpaired) electrons. The Morgan fingerprint density at radius 2 is 1.70 bits per heavy atom. The molecule has 0 atom stereocenters. The quantitative estimate of drug-likeness (QED) is 0.222. The Hall–Kier alpha value is -2.01. The molecule has 2 aromatic rings. The van der Waals surface area contributed by atoms with Crippen LogP contribution in [-0.4, -0.2) is 40.8 Å². The summed E-state index contributed by atoms with van der Waals surface area (Å²) in [5.41, 5.74) is 1.37. The van der Waals surface area contributed by atoms with Crippen LogP contribution in [-0.2, 0) is 16.6 Å². The Morgan fingerprint density at radius 3 is 2.37 bits per heavy atom. The van der Waals surface area contributed by atoms with Crippen molar-refractivity contribution in [3.8, 4) is 5.75 Å². The van der Waals surface area contributed by atoms with Gasteiger partial charge in [-0.25, -0.2) is 8.42 Å². The van der Waals surface area contributed by atoms with Gasteiger partial charge in [0.05, 0.1) is 18.5 Å². The molecule has 0 heterocycles. The van der Waals surface area contributed by atoms with Crippen molar-refractivity contribution in [1.82, 2.24) is 10.6 Å². The van der Waals surface area contributed by atoms with E-state index in [9.17, 15) is 8.42 Å². The van der Waals surface area contributed by atoms with Gasteiger partial charge in [0.25, 0.3) is 0 Å². The first-order valence-electron chi connectivity index (χ1n) is 8.16. The largest absolute Gasteiger partial charge is 0.492 e. The van der Waals surface area contributed by atoms with Crippen LogP contribution in [0.4, 0.5) is 5.69 Å². The monoisotopic (exact) mass is 504 g/mol. The van der Waals surface area contributed by atoms with Crippen LogP contribution in [0.1, 0.15) is 5.56 Å². The number of sulfonamides is 1. The molecule has 0 saturated heterocycles. The lowest BCUT2D eigenvalue weighted by Crippen LogP contribution is -2.39. The van der Waals surface area contributed by atoms with Gasteiger partial charge in [-0.05, 0) is 23.8 Å². The lowest BCUT2D eigenvalue weighted by Gasteiger charge is -2.15. The molecule has 148 valence electrons. The van der Waals surface area contributed by atoms with Gasteiger partial charge in [-0.15, -0.1) is 24.0 Å². The van der Waals surface area contributed by atoms with E-state index >= 15 is 0 Å². The SMILES string of the molecule is CN=C(NCCOc1ccccc1)NCc1ccccc1NS(C)(=O)=O.I. The number of rotatable bonds is 8. The number of hydrogen-bond donors (Lipinski definition) is 3. The second-order valence-electron chi connectivity index (χ2n) is 5.55. The van der Waals surface area contributed by atoms with E-state index in [1.165, 1.54) is 0 Å². The molecule has 0 saturated carbocycles. The van der Waals surface area contributed by atoms with Crippen LogP contribution in [0.5, 0.6) is 5.75 Å². The Morgan fingerprint density at radius 1 is 1.04 bits per heavy atom. The Balaban J connectivity index is 0.00000364. The van der Waals surface area contributed by atoms with Crippen molar-refractivity contribution in [2.45, 2.75) is 6.54 Å². The topological polar surface area (TPSA) is 91.8 Å². The maximum absolute atomic E-state index is 11.5. The summed E-state index contributed by atoms with van der Waals surface area (Å²) in [6, 6.07) is 16.8. The van der Waals surface area contributed by atoms with Crippen molar-refractivity contribution in [1.29, 1.82) is 0 Å². The number of aliphatic imine (C=N–C) groups is 1. The van der Waals surface area contributed by atoms with Crippen LogP contribution in [0.15, 0.2) is 59.6 Å². The maximum atomic E-state index is 11.5. The first-order chi connectivity index (χ1) is 12.5. The minimum atomic E-state index is -3.33. The highest BCUT2D eigenvalue weighted by Crippen LogP contribution is 2.15. The van der Waals surface area contributed by atoms with Crippen molar-refractivity contribution in [2.24, 2.45) is 4.99 Å². The molecule has 0 spiro atoms. The van der Waals surface area contributed by atoms with E-state index in [0.29, 0.717) is 31.3 Å². The number of halogens is 1. The van der Waals surface area contributed by atoms with Crippen LogP contribution in [0.2, 0.25) is 0 Å². The van der Waals surface area contributed by atoms with Gasteiger partial charge in [-0.2, -0.15) is 0 Å². The van der Waals surface area contributed by atoms with Gasteiger partial charge in [0.1, 0.15) is 12.4 Å². The van der Waals surface area contributed by atoms with Gasteiger partial charge in [-0.3, -0.25) is 9.71 Å². The minimum absolute atomic E-state index is 0. The molecule has 0 unspecified atom stereocenters. The first kappa shape index (κ1) is 23.0. The highest BCUT2D eigenvalue weighted by atomic mass is 127. The molecule has 27 heavy (non-hydrogen) atoms. The number of nitrogens with zero attached hydrogens (tertiary/aromatic N) is 1. The zero-order valence-corrected chi connectivity index (χ0v) is 18.5. The summed E-state index contributed by atoms with van der Waals surface area (Å²) in [7, 11) is -1.65. The van der Waals surface area contributed by atoms with E-state index in [0.717, 1.165) is 17.6 Å². The summed E-state index contributed by atoms with van der Waals surface area (Å²) in [6.07, 6.45) is 1.13. The third-order valence-electron chi connectivity index (χ3n) is 3.39. The van der Waals surface area contributed by atoms with Crippen molar-refractivity contribution < 1.29 is 13.2 Å². The van der Waals surface area contributed by atoms with E-state index in [2.05, 4.69) is 20.3 Å². The third kappa shape index (κ3) is 8.96. The Bertz CT molecular complexity index is 830. The molecule has 2 rings (SSSR count). The van der Waals surface area contributed by atoms with Crippen LogP contribution >= 0.6 is 24.0 Å². The molecule has 0 fully saturated rings. The standard InChI is InChI=1S/C18H24N4O3S.HI/c1-19-18(20-12-13-25-16-9-4-3-5-10-16)21-14-15-8-6-7-11-17(15)22-26(2,23)24;/h3-11,22H,12-14H2,1-2H3,(H2,19,20,21);1H. The lowest BCUT2D eigenvalue weighted by molar-refractivity contribution is 0.322. The third-order valence-corrected chi connectivity index (χ3v) is 3.98. The smallest absolute Gasteiger partial charge is 0.229 e. The highest BCUT2D eigenvalue weighted by molar-refractivity contribution is 14.0. The zero-order valence-electron chi connectivity index (χ0n) is 15.3. The zero-order chi connectivity index (χ0) is 18.8. The fraction of sp³-hybridized carbons (Fsp3) is 0.278. The average molecular weight is 504 g/mol. The van der Waals surface area contributed by atoms with Crippen molar-refractivity contribution in [3.63, 3.8) is 0 Å². The molecule has 3 N–H and O–H groups in total. The van der Waals surface area contributed by atoms with E-state index in [4.69, 9.17) is 4.74 Å². The molecule has 0 aromatic heterocycles. The molecule has 9 heteroatoms. The predicted molar refractivity (Wildman–Crippen MR) is 120 cm³/mol. The van der Waals surface area contributed by atoms with Crippen molar-refractivity contribution >= 4 is 45.6 Å². The van der Waals surface area contributed by atoms with Gasteiger partial charge in [0, 0.05) is 13.6 Å². The molecule has 0 aliphatic carbocycles. The number of benzene rings is 2. The lowest BCUT2D eigenvalue weighted by atomic mass is 10.2. The van der Waals surface area contributed by atoms with Crippen LogP contribution in [0.25, 0.3) is 0 Å². The summed E-state index contributed by atoms with van der Waals surface area (Å²) in [5.74, 6) is 1.42. The molecule has 2 aromatic carbocycles. The van der Waals surface area contributed by atoms with Gasteiger partial charge in [0.2, 0.25) is 10.0 Å². The number of hydrogen-bond acceptors (Lipinski definition) is 4. The Kier molecular flexibility index (Phi) is 9.94. The first-order valence-corrected chi connectivity index (χ1v) is 10.0. The highest BCUT2D eigenvalue weighted by Gasteiger charge is 2.07. The number of anilines is 1.